The second-order valence-corrected chi connectivity index (χ2v) is 9.63. The van der Waals surface area contributed by atoms with Gasteiger partial charge in [0.25, 0.3) is 0 Å². The van der Waals surface area contributed by atoms with Crippen LogP contribution in [-0.2, 0) is 14.3 Å². The van der Waals surface area contributed by atoms with Gasteiger partial charge in [0.2, 0.25) is 0 Å². The van der Waals surface area contributed by atoms with Crippen LogP contribution in [0, 0.1) is 0 Å². The number of benzene rings is 1. The molecule has 1 amide bonds. The SMILES string of the molecule is CC(C)(C)OC(=O)NC1CCNC1COC1CCC(c2ccccc2OCC(=O)O)CC1. The summed E-state index contributed by atoms with van der Waals surface area (Å²) in [4.78, 5) is 23.0. The van der Waals surface area contributed by atoms with E-state index in [1.165, 1.54) is 0 Å². The smallest absolute Gasteiger partial charge is 0.407 e. The maximum absolute atomic E-state index is 12.1. The van der Waals surface area contributed by atoms with E-state index < -0.39 is 11.6 Å². The van der Waals surface area contributed by atoms with Gasteiger partial charge in [-0.15, -0.1) is 0 Å². The molecule has 1 heterocycles. The molecule has 3 rings (SSSR count). The molecule has 0 spiro atoms. The number of aliphatic carboxylic acids is 1. The highest BCUT2D eigenvalue weighted by Crippen LogP contribution is 2.38. The van der Waals surface area contributed by atoms with E-state index in [1.807, 2.05) is 45.0 Å². The molecule has 0 radical (unpaired) electrons. The third kappa shape index (κ3) is 7.38. The Morgan fingerprint density at radius 3 is 2.53 bits per heavy atom. The minimum absolute atomic E-state index is 0.000509. The first-order valence-electron chi connectivity index (χ1n) is 11.5. The van der Waals surface area contributed by atoms with Crippen molar-refractivity contribution in [2.45, 2.75) is 82.6 Å². The lowest BCUT2D eigenvalue weighted by molar-refractivity contribution is -0.139. The molecule has 0 bridgehead atoms. The zero-order chi connectivity index (χ0) is 23.1. The molecule has 0 aromatic heterocycles. The molecule has 1 aliphatic carbocycles. The minimum atomic E-state index is -0.975. The highest BCUT2D eigenvalue weighted by Gasteiger charge is 2.32. The van der Waals surface area contributed by atoms with Crippen molar-refractivity contribution in [3.63, 3.8) is 0 Å². The van der Waals surface area contributed by atoms with Gasteiger partial charge >= 0.3 is 12.1 Å². The average Bonchev–Trinajstić information content (AvgIpc) is 3.16. The van der Waals surface area contributed by atoms with Gasteiger partial charge in [0.1, 0.15) is 11.4 Å². The molecule has 3 N–H and O–H groups in total. The zero-order valence-corrected chi connectivity index (χ0v) is 19.3. The van der Waals surface area contributed by atoms with Gasteiger partial charge in [0.15, 0.2) is 6.61 Å². The number of carboxylic acids is 1. The number of ether oxygens (including phenoxy) is 3. The molecule has 1 aromatic rings. The third-order valence-corrected chi connectivity index (χ3v) is 5.95. The molecule has 1 saturated carbocycles. The van der Waals surface area contributed by atoms with Crippen LogP contribution < -0.4 is 15.4 Å². The van der Waals surface area contributed by atoms with Crippen LogP contribution in [0.5, 0.6) is 5.75 Å². The quantitative estimate of drug-likeness (QED) is 0.559. The first kappa shape index (κ1) is 24.3. The summed E-state index contributed by atoms with van der Waals surface area (Å²) in [6, 6.07) is 7.77. The Kier molecular flexibility index (Phi) is 8.37. The van der Waals surface area contributed by atoms with Crippen LogP contribution >= 0.6 is 0 Å². The molecule has 178 valence electrons. The van der Waals surface area contributed by atoms with Gasteiger partial charge in [-0.3, -0.25) is 0 Å². The van der Waals surface area contributed by atoms with Gasteiger partial charge < -0.3 is 30.0 Å². The fourth-order valence-corrected chi connectivity index (χ4v) is 4.44. The van der Waals surface area contributed by atoms with E-state index in [-0.39, 0.29) is 30.9 Å². The maximum atomic E-state index is 12.1. The third-order valence-electron chi connectivity index (χ3n) is 5.95. The Labute approximate surface area is 190 Å². The summed E-state index contributed by atoms with van der Waals surface area (Å²) in [5, 5.41) is 15.3. The number of para-hydroxylation sites is 1. The van der Waals surface area contributed by atoms with Crippen molar-refractivity contribution in [2.75, 3.05) is 19.8 Å². The monoisotopic (exact) mass is 448 g/mol. The first-order valence-corrected chi connectivity index (χ1v) is 11.5. The Morgan fingerprint density at radius 2 is 1.84 bits per heavy atom. The normalized spacial score (nSPS) is 25.8. The number of hydrogen-bond acceptors (Lipinski definition) is 6. The predicted molar refractivity (Wildman–Crippen MR) is 120 cm³/mol. The topological polar surface area (TPSA) is 106 Å². The Bertz CT molecular complexity index is 770. The Hall–Kier alpha value is -2.32. The number of amides is 1. The van der Waals surface area contributed by atoms with Crippen molar-refractivity contribution in [3.8, 4) is 5.75 Å². The van der Waals surface area contributed by atoms with E-state index >= 15 is 0 Å². The van der Waals surface area contributed by atoms with Gasteiger partial charge in [-0.05, 0) is 77.0 Å². The summed E-state index contributed by atoms with van der Waals surface area (Å²) in [6.07, 6.45) is 4.46. The molecule has 2 aliphatic rings. The van der Waals surface area contributed by atoms with Crippen LogP contribution in [0.1, 0.15) is 64.4 Å². The van der Waals surface area contributed by atoms with Crippen LogP contribution in [0.15, 0.2) is 24.3 Å². The van der Waals surface area contributed by atoms with Gasteiger partial charge in [0.05, 0.1) is 24.8 Å². The lowest BCUT2D eigenvalue weighted by Gasteiger charge is -2.31. The zero-order valence-electron chi connectivity index (χ0n) is 19.3. The van der Waals surface area contributed by atoms with Gasteiger partial charge in [-0.1, -0.05) is 18.2 Å². The van der Waals surface area contributed by atoms with E-state index in [1.54, 1.807) is 0 Å². The van der Waals surface area contributed by atoms with Gasteiger partial charge in [0, 0.05) is 0 Å². The van der Waals surface area contributed by atoms with Crippen molar-refractivity contribution in [1.29, 1.82) is 0 Å². The number of nitrogens with one attached hydrogen (secondary N) is 2. The molecule has 2 atom stereocenters. The lowest BCUT2D eigenvalue weighted by atomic mass is 9.82. The van der Waals surface area contributed by atoms with Gasteiger partial charge in [-0.25, -0.2) is 9.59 Å². The summed E-state index contributed by atoms with van der Waals surface area (Å²) in [6.45, 7) is 6.62. The molecule has 32 heavy (non-hydrogen) atoms. The van der Waals surface area contributed by atoms with Crippen LogP contribution in [-0.4, -0.2) is 60.7 Å². The number of hydrogen-bond donors (Lipinski definition) is 3. The number of rotatable bonds is 8. The number of carbonyl (C=O) groups excluding carboxylic acids is 1. The van der Waals surface area contributed by atoms with Crippen LogP contribution in [0.25, 0.3) is 0 Å². The average molecular weight is 449 g/mol. The van der Waals surface area contributed by atoms with E-state index in [2.05, 4.69) is 10.6 Å². The predicted octanol–water partition coefficient (Wildman–Crippen LogP) is 3.45. The number of carboxylic acid groups (broad SMARTS) is 1. The maximum Gasteiger partial charge on any atom is 0.407 e. The van der Waals surface area contributed by atoms with E-state index in [9.17, 15) is 9.59 Å². The second kappa shape index (κ2) is 11.0. The molecule has 1 aliphatic heterocycles. The molecular weight excluding hydrogens is 412 g/mol. The lowest BCUT2D eigenvalue weighted by Crippen LogP contribution is -2.47. The Balaban J connectivity index is 1.44. The largest absolute Gasteiger partial charge is 0.482 e. The van der Waals surface area contributed by atoms with E-state index in [0.29, 0.717) is 18.3 Å². The van der Waals surface area contributed by atoms with Crippen molar-refractivity contribution in [2.24, 2.45) is 0 Å². The standard InChI is InChI=1S/C24H36N2O6/c1-24(2,3)32-23(29)26-19-12-13-25-20(19)14-30-17-10-8-16(9-11-17)18-6-4-5-7-21(18)31-15-22(27)28/h4-7,16-17,19-20,25H,8-15H2,1-3H3,(H,26,29)(H,27,28). The van der Waals surface area contributed by atoms with E-state index in [4.69, 9.17) is 19.3 Å². The summed E-state index contributed by atoms with van der Waals surface area (Å²) in [5.41, 5.74) is 0.559. The summed E-state index contributed by atoms with van der Waals surface area (Å²) in [5.74, 6) is 0.0217. The van der Waals surface area contributed by atoms with Crippen molar-refractivity contribution in [1.82, 2.24) is 10.6 Å². The number of carbonyl (C=O) groups is 2. The molecule has 1 aromatic carbocycles. The molecule has 8 nitrogen and oxygen atoms in total. The molecular formula is C24H36N2O6. The highest BCUT2D eigenvalue weighted by atomic mass is 16.6. The van der Waals surface area contributed by atoms with Crippen molar-refractivity contribution >= 4 is 12.1 Å². The first-order chi connectivity index (χ1) is 15.2. The van der Waals surface area contributed by atoms with Gasteiger partial charge in [-0.2, -0.15) is 0 Å². The summed E-state index contributed by atoms with van der Waals surface area (Å²) < 4.78 is 17.1. The fraction of sp³-hybridized carbons (Fsp3) is 0.667. The second-order valence-electron chi connectivity index (χ2n) is 9.63. The number of alkyl carbamates (subject to hydrolysis) is 1. The van der Waals surface area contributed by atoms with Crippen molar-refractivity contribution < 1.29 is 28.9 Å². The molecule has 1 saturated heterocycles. The Morgan fingerprint density at radius 1 is 1.12 bits per heavy atom. The molecule has 8 heteroatoms. The molecule has 2 fully saturated rings. The summed E-state index contributed by atoms with van der Waals surface area (Å²) in [7, 11) is 0. The summed E-state index contributed by atoms with van der Waals surface area (Å²) >= 11 is 0. The van der Waals surface area contributed by atoms with E-state index in [0.717, 1.165) is 44.2 Å². The highest BCUT2D eigenvalue weighted by molar-refractivity contribution is 5.68. The van der Waals surface area contributed by atoms with Crippen LogP contribution in [0.4, 0.5) is 4.79 Å². The van der Waals surface area contributed by atoms with Crippen molar-refractivity contribution in [3.05, 3.63) is 29.8 Å². The van der Waals surface area contributed by atoms with Crippen LogP contribution in [0.3, 0.4) is 0 Å². The molecule has 2 unspecified atom stereocenters. The minimum Gasteiger partial charge on any atom is -0.482 e. The fourth-order valence-electron chi connectivity index (χ4n) is 4.44. The van der Waals surface area contributed by atoms with Crippen LogP contribution in [0.2, 0.25) is 0 Å².